The molecule has 131 valence electrons. The van der Waals surface area contributed by atoms with Crippen molar-refractivity contribution < 1.29 is 34.0 Å². The van der Waals surface area contributed by atoms with Crippen molar-refractivity contribution in [2.45, 2.75) is 0 Å². The molecule has 3 rings (SSSR count). The van der Waals surface area contributed by atoms with Crippen molar-refractivity contribution in [3.63, 3.8) is 0 Å². The van der Waals surface area contributed by atoms with Crippen molar-refractivity contribution in [2.24, 2.45) is 4.99 Å². The molecule has 0 spiro atoms. The van der Waals surface area contributed by atoms with E-state index in [2.05, 4.69) is 16.0 Å². The molecule has 6 heteroatoms. The number of nitrogens with zero attached hydrogens (tertiary/aromatic N) is 2. The fourth-order valence-electron chi connectivity index (χ4n) is 1.89. The summed E-state index contributed by atoms with van der Waals surface area (Å²) in [5.74, 6) is -1.01. The van der Waals surface area contributed by atoms with Gasteiger partial charge in [-0.3, -0.25) is 13.8 Å². The van der Waals surface area contributed by atoms with Gasteiger partial charge in [0, 0.05) is 56.8 Å². The van der Waals surface area contributed by atoms with E-state index in [-0.39, 0.29) is 31.4 Å². The molecule has 3 nitrogen and oxygen atoms in total. The predicted octanol–water partition coefficient (Wildman–Crippen LogP) is 4.27. The van der Waals surface area contributed by atoms with Crippen LogP contribution in [0, 0.1) is 17.7 Å². The monoisotopic (exact) mass is 518 g/mol. The van der Waals surface area contributed by atoms with E-state index in [4.69, 9.17) is 5.11 Å². The molecule has 1 radical (unpaired) electrons. The molecule has 0 fully saturated rings. The zero-order chi connectivity index (χ0) is 17.4. The predicted molar refractivity (Wildman–Crippen MR) is 90.0 cm³/mol. The minimum Gasteiger partial charge on any atom is -0.507 e. The minimum atomic E-state index is -0.649. The number of rotatable bonds is 2. The van der Waals surface area contributed by atoms with E-state index in [1.807, 2.05) is 12.1 Å². The van der Waals surface area contributed by atoms with Crippen LogP contribution in [0.1, 0.15) is 5.56 Å². The summed E-state index contributed by atoms with van der Waals surface area (Å²) in [5, 5.41) is 9.15. The molecule has 25 heavy (non-hydrogen) atoms. The number of halogens is 2. The van der Waals surface area contributed by atoms with Crippen molar-refractivity contribution in [2.75, 3.05) is 7.05 Å². The van der Waals surface area contributed by atoms with E-state index in [0.717, 1.165) is 17.7 Å². The number of aliphatic imine (C=N–C) groups is 1. The summed E-state index contributed by atoms with van der Waals surface area (Å²) in [7, 11) is 1.67. The molecule has 3 aromatic rings. The molecule has 0 saturated heterocycles. The minimum absolute atomic E-state index is 0. The number of para-hydroxylation sites is 1. The van der Waals surface area contributed by atoms with Crippen LogP contribution in [0.4, 0.5) is 8.78 Å². The van der Waals surface area contributed by atoms with Crippen molar-refractivity contribution in [1.82, 2.24) is 4.98 Å². The fourth-order valence-corrected chi connectivity index (χ4v) is 1.89. The molecule has 0 aliphatic carbocycles. The fraction of sp³-hybridized carbons (Fsp3) is 0.0526. The van der Waals surface area contributed by atoms with Gasteiger partial charge in [-0.2, -0.15) is 0 Å². The smallest absolute Gasteiger partial charge is 0.124 e. The first-order valence-electron chi connectivity index (χ1n) is 7.10. The Balaban J connectivity index is 0.000000254. The molecule has 0 bridgehead atoms. The van der Waals surface area contributed by atoms with Crippen molar-refractivity contribution >= 4 is 6.21 Å². The quantitative estimate of drug-likeness (QED) is 0.408. The number of phenols is 1. The third-order valence-electron chi connectivity index (χ3n) is 2.98. The molecule has 0 unspecified atom stereocenters. The van der Waals surface area contributed by atoms with E-state index in [0.29, 0.717) is 5.69 Å². The molecule has 2 aromatic carbocycles. The second kappa shape index (κ2) is 10.4. The van der Waals surface area contributed by atoms with Gasteiger partial charge in [0.25, 0.3) is 0 Å². The topological polar surface area (TPSA) is 45.5 Å². The van der Waals surface area contributed by atoms with E-state index in [1.165, 1.54) is 0 Å². The zero-order valence-corrected chi connectivity index (χ0v) is 15.7. The van der Waals surface area contributed by atoms with Gasteiger partial charge in [-0.15, -0.1) is 12.1 Å². The summed E-state index contributed by atoms with van der Waals surface area (Å²) in [6.45, 7) is 0. The summed E-state index contributed by atoms with van der Waals surface area (Å²) < 4.78 is 25.8. The summed E-state index contributed by atoms with van der Waals surface area (Å²) in [5.41, 5.74) is 1.39. The van der Waals surface area contributed by atoms with Crippen LogP contribution in [0.2, 0.25) is 0 Å². The number of aromatic nitrogens is 1. The third kappa shape index (κ3) is 6.18. The maximum absolute atomic E-state index is 13.2. The summed E-state index contributed by atoms with van der Waals surface area (Å²) in [6, 6.07) is 16.6. The first kappa shape index (κ1) is 20.6. The molecule has 1 heterocycles. The Hall–Kier alpha value is -2.43. The Bertz CT molecular complexity index is 827. The van der Waals surface area contributed by atoms with Gasteiger partial charge in [-0.05, 0) is 23.9 Å². The number of benzene rings is 2. The molecule has 1 aromatic heterocycles. The average molecular weight is 518 g/mol. The summed E-state index contributed by atoms with van der Waals surface area (Å²) >= 11 is 0. The van der Waals surface area contributed by atoms with E-state index in [9.17, 15) is 8.78 Å². The third-order valence-corrected chi connectivity index (χ3v) is 2.98. The van der Waals surface area contributed by atoms with Crippen LogP contribution < -0.4 is 0 Å². The van der Waals surface area contributed by atoms with Crippen LogP contribution in [-0.2, 0) is 20.1 Å². The van der Waals surface area contributed by atoms with E-state index in [1.54, 1.807) is 49.8 Å². The Labute approximate surface area is 158 Å². The number of hydrogen-bond acceptors (Lipinski definition) is 3. The van der Waals surface area contributed by atoms with Crippen LogP contribution in [0.3, 0.4) is 0 Å². The van der Waals surface area contributed by atoms with Crippen LogP contribution in [-0.4, -0.2) is 23.4 Å². The van der Waals surface area contributed by atoms with Crippen LogP contribution in [0.5, 0.6) is 5.75 Å². The second-order valence-electron chi connectivity index (χ2n) is 4.70. The van der Waals surface area contributed by atoms with Gasteiger partial charge in [0.1, 0.15) is 5.75 Å². The Morgan fingerprint density at radius 3 is 2.44 bits per heavy atom. The van der Waals surface area contributed by atoms with Crippen LogP contribution in [0.15, 0.2) is 65.8 Å². The van der Waals surface area contributed by atoms with Gasteiger partial charge >= 0.3 is 0 Å². The standard InChI is InChI=1S/C11H6F2N.C8H9NO.Ir/c12-8-4-5-9(10(13)7-8)11-3-1-2-6-14-11;1-9-6-7-4-2-3-5-8(7)10;/h1-4,6-7H;2-6,10H,1H3;/q-1;;. The number of pyridine rings is 1. The van der Waals surface area contributed by atoms with Gasteiger partial charge in [0.15, 0.2) is 0 Å². The normalized spacial score (nSPS) is 9.88. The Kier molecular flexibility index (Phi) is 8.61. The van der Waals surface area contributed by atoms with Gasteiger partial charge in [-0.1, -0.05) is 35.9 Å². The first-order valence-corrected chi connectivity index (χ1v) is 7.10. The van der Waals surface area contributed by atoms with Crippen molar-refractivity contribution in [1.29, 1.82) is 0 Å². The summed E-state index contributed by atoms with van der Waals surface area (Å²) in [4.78, 5) is 7.73. The molecule has 0 atom stereocenters. The number of aromatic hydroxyl groups is 1. The van der Waals surface area contributed by atoms with Gasteiger partial charge in [0.05, 0.1) is 0 Å². The van der Waals surface area contributed by atoms with Gasteiger partial charge < -0.3 is 10.1 Å². The Morgan fingerprint density at radius 1 is 1.12 bits per heavy atom. The molecular formula is C19H15F2IrN2O-. The SMILES string of the molecule is CN=Cc1ccccc1O.Fc1c[c-]c(-c2ccccn2)c(F)c1.[Ir]. The molecule has 1 N–H and O–H groups in total. The van der Waals surface area contributed by atoms with Crippen LogP contribution in [0.25, 0.3) is 11.3 Å². The van der Waals surface area contributed by atoms with Gasteiger partial charge in [0.2, 0.25) is 0 Å². The molecule has 0 aliphatic heterocycles. The largest absolute Gasteiger partial charge is 0.507 e. The van der Waals surface area contributed by atoms with Gasteiger partial charge in [-0.25, -0.2) is 0 Å². The zero-order valence-electron chi connectivity index (χ0n) is 13.3. The summed E-state index contributed by atoms with van der Waals surface area (Å²) in [6.07, 6.45) is 3.17. The molecule has 0 aliphatic rings. The van der Waals surface area contributed by atoms with Crippen molar-refractivity contribution in [3.8, 4) is 17.0 Å². The number of hydrogen-bond donors (Lipinski definition) is 1. The van der Waals surface area contributed by atoms with Crippen molar-refractivity contribution in [3.05, 3.63) is 84.1 Å². The average Bonchev–Trinajstić information content (AvgIpc) is 2.59. The van der Waals surface area contributed by atoms with Crippen LogP contribution >= 0.6 is 0 Å². The second-order valence-corrected chi connectivity index (χ2v) is 4.70. The maximum Gasteiger partial charge on any atom is 0.124 e. The van der Waals surface area contributed by atoms with E-state index >= 15 is 0 Å². The molecule has 0 amide bonds. The maximum atomic E-state index is 13.2. The molecule has 0 saturated carbocycles. The molecular weight excluding hydrogens is 502 g/mol. The Morgan fingerprint density at radius 2 is 1.84 bits per heavy atom. The first-order chi connectivity index (χ1) is 11.6. The van der Waals surface area contributed by atoms with E-state index < -0.39 is 11.6 Å². The number of phenolic OH excluding ortho intramolecular Hbond substituents is 1.